The Kier molecular flexibility index (Phi) is 15.8. The number of fused-ring (bicyclic) bond motifs is 6. The van der Waals surface area contributed by atoms with E-state index in [0.717, 1.165) is 19.3 Å². The van der Waals surface area contributed by atoms with E-state index in [1.807, 2.05) is 6.92 Å². The summed E-state index contributed by atoms with van der Waals surface area (Å²) in [6.07, 6.45) is -17.7. The molecule has 410 valence electrons. The number of rotatable bonds is 13. The van der Waals surface area contributed by atoms with Gasteiger partial charge in [-0.05, 0) is 91.9 Å². The van der Waals surface area contributed by atoms with Crippen molar-refractivity contribution < 1.29 is 104 Å². The number of hydrogen-bond acceptors (Lipinski definition) is 20. The first-order chi connectivity index (χ1) is 33.6. The third-order valence-electron chi connectivity index (χ3n) is 19.5. The Hall–Kier alpha value is -2.26. The van der Waals surface area contributed by atoms with Crippen LogP contribution in [-0.4, -0.2) is 204 Å². The van der Waals surface area contributed by atoms with Crippen LogP contribution in [0.15, 0.2) is 23.3 Å². The van der Waals surface area contributed by atoms with Crippen molar-refractivity contribution in [2.75, 3.05) is 26.4 Å². The molecule has 3 saturated carbocycles. The van der Waals surface area contributed by atoms with Gasteiger partial charge in [0.15, 0.2) is 18.9 Å². The van der Waals surface area contributed by atoms with Gasteiger partial charge in [0.05, 0.1) is 38.1 Å². The second-order valence-corrected chi connectivity index (χ2v) is 24.2. The van der Waals surface area contributed by atoms with Crippen LogP contribution in [0.25, 0.3) is 0 Å². The van der Waals surface area contributed by atoms with Gasteiger partial charge in [-0.2, -0.15) is 0 Å². The minimum absolute atomic E-state index is 0.0110. The van der Waals surface area contributed by atoms with Crippen LogP contribution in [0.1, 0.15) is 106 Å². The monoisotopic (exact) mass is 1030 g/mol. The summed E-state index contributed by atoms with van der Waals surface area (Å²) in [4.78, 5) is 23.0. The maximum absolute atomic E-state index is 12.1. The molecule has 72 heavy (non-hydrogen) atoms. The molecule has 0 amide bonds. The van der Waals surface area contributed by atoms with Crippen LogP contribution in [0.3, 0.4) is 0 Å². The lowest BCUT2D eigenvalue weighted by Crippen LogP contribution is -2.67. The molecule has 0 unspecified atom stereocenters. The fourth-order valence-corrected chi connectivity index (χ4v) is 14.8. The average molecular weight is 1030 g/mol. The number of carbonyl (C=O) groups is 2. The lowest BCUT2D eigenvalue weighted by molar-refractivity contribution is -0.374. The van der Waals surface area contributed by atoms with E-state index < -0.39 is 152 Å². The van der Waals surface area contributed by atoms with Crippen LogP contribution < -0.4 is 0 Å². The first kappa shape index (κ1) is 56.0. The van der Waals surface area contributed by atoms with Crippen molar-refractivity contribution in [3.63, 3.8) is 0 Å². The Labute approximate surface area is 419 Å². The van der Waals surface area contributed by atoms with Crippen molar-refractivity contribution in [1.29, 1.82) is 0 Å². The fraction of sp³-hybridized carbons (Fsp3) is 0.882. The number of carboxylic acids is 1. The molecule has 8 rings (SSSR count). The standard InChI is InChI=1S/C51H80O21/c1-23-34(58)36(60)40(64)44(68-23)72-42-27(20-67-43-39(63)37(61)35(59)26(69-43)19-66-33(57)16-32(55)56)70-45(41(65)38(42)62)71-31-11-12-47(4)28(48(31,5)21-52)10-13-49(6)29(47)9-8-24-25-17-46(2,3)14-15-51(25,22-53)30(54)18-50(24,49)7/h8-9,23,26-31,34-45,52-54,58-65H,10-22H2,1-7H3,(H,55,56)/t23-,26+,27+,28+,29+,30-,31-,34-,35+,36+,37-,38+,39+,40+,41+,42+,43+,44-,45-,47-,48-,49+,50+,51+/m0/s1. The summed E-state index contributed by atoms with van der Waals surface area (Å²) in [7, 11) is 0. The molecular weight excluding hydrogens is 949 g/mol. The summed E-state index contributed by atoms with van der Waals surface area (Å²) in [5.74, 6) is -2.76. The number of hydrogen-bond donors (Lipinski definition) is 12. The number of aliphatic hydroxyl groups excluding tert-OH is 11. The quantitative estimate of drug-likeness (QED) is 0.0630. The number of aliphatic hydroxyl groups is 11. The average Bonchev–Trinajstić information content (AvgIpc) is 3.32. The number of ether oxygens (including phenoxy) is 7. The number of aliphatic carboxylic acids is 1. The zero-order valence-corrected chi connectivity index (χ0v) is 42.4. The van der Waals surface area contributed by atoms with Crippen LogP contribution in [0, 0.1) is 44.3 Å². The van der Waals surface area contributed by atoms with E-state index in [4.69, 9.17) is 38.3 Å². The Morgan fingerprint density at radius 2 is 1.33 bits per heavy atom. The molecule has 3 aliphatic heterocycles. The number of esters is 1. The third-order valence-corrected chi connectivity index (χ3v) is 19.5. The van der Waals surface area contributed by atoms with Crippen LogP contribution in [0.4, 0.5) is 0 Å². The van der Waals surface area contributed by atoms with Crippen molar-refractivity contribution in [3.05, 3.63) is 23.3 Å². The highest BCUT2D eigenvalue weighted by Crippen LogP contribution is 2.74. The van der Waals surface area contributed by atoms with Gasteiger partial charge in [-0.25, -0.2) is 0 Å². The number of carbonyl (C=O) groups excluding carboxylic acids is 1. The van der Waals surface area contributed by atoms with Gasteiger partial charge in [0, 0.05) is 16.2 Å². The molecule has 6 fully saturated rings. The maximum atomic E-state index is 12.1. The molecule has 21 nitrogen and oxygen atoms in total. The predicted molar refractivity (Wildman–Crippen MR) is 248 cm³/mol. The van der Waals surface area contributed by atoms with Crippen molar-refractivity contribution >= 4 is 11.9 Å². The van der Waals surface area contributed by atoms with E-state index in [-0.39, 0.29) is 41.3 Å². The third kappa shape index (κ3) is 9.24. The first-order valence-corrected chi connectivity index (χ1v) is 25.7. The molecule has 12 N–H and O–H groups in total. The highest BCUT2D eigenvalue weighted by molar-refractivity contribution is 5.90. The molecule has 0 aromatic heterocycles. The molecule has 3 saturated heterocycles. The minimum atomic E-state index is -1.92. The van der Waals surface area contributed by atoms with Crippen molar-refractivity contribution in [3.8, 4) is 0 Å². The summed E-state index contributed by atoms with van der Waals surface area (Å²) in [6, 6.07) is 0. The molecule has 0 bridgehead atoms. The zero-order chi connectivity index (χ0) is 52.8. The van der Waals surface area contributed by atoms with E-state index in [9.17, 15) is 65.8 Å². The highest BCUT2D eigenvalue weighted by Gasteiger charge is 2.69. The Morgan fingerprint density at radius 1 is 0.694 bits per heavy atom. The summed E-state index contributed by atoms with van der Waals surface area (Å²) >= 11 is 0. The second kappa shape index (κ2) is 20.3. The van der Waals surface area contributed by atoms with E-state index in [1.54, 1.807) is 0 Å². The minimum Gasteiger partial charge on any atom is -0.481 e. The molecule has 0 aromatic carbocycles. The van der Waals surface area contributed by atoms with Gasteiger partial charge in [-0.1, -0.05) is 59.3 Å². The smallest absolute Gasteiger partial charge is 0.317 e. The molecule has 5 aliphatic carbocycles. The normalized spacial score (nSPS) is 51.1. The van der Waals surface area contributed by atoms with Crippen molar-refractivity contribution in [2.24, 2.45) is 44.3 Å². The van der Waals surface area contributed by atoms with Gasteiger partial charge in [0.2, 0.25) is 0 Å². The van der Waals surface area contributed by atoms with Gasteiger partial charge >= 0.3 is 11.9 Å². The predicted octanol–water partition coefficient (Wildman–Crippen LogP) is -0.470. The number of carboxylic acid groups (broad SMARTS) is 1. The zero-order valence-electron chi connectivity index (χ0n) is 42.4. The summed E-state index contributed by atoms with van der Waals surface area (Å²) < 4.78 is 41.2. The van der Waals surface area contributed by atoms with E-state index >= 15 is 0 Å². The van der Waals surface area contributed by atoms with Crippen molar-refractivity contribution in [1.82, 2.24) is 0 Å². The maximum Gasteiger partial charge on any atom is 0.317 e. The summed E-state index contributed by atoms with van der Waals surface area (Å²) in [5, 5.41) is 131. The van der Waals surface area contributed by atoms with E-state index in [1.165, 1.54) is 18.1 Å². The van der Waals surface area contributed by atoms with Crippen molar-refractivity contribution in [2.45, 2.75) is 211 Å². The molecule has 8 aliphatic rings. The Morgan fingerprint density at radius 3 is 2.00 bits per heavy atom. The molecular formula is C51H80O21. The topological polar surface area (TPSA) is 342 Å². The van der Waals surface area contributed by atoms with Gasteiger partial charge in [0.25, 0.3) is 0 Å². The molecule has 0 aromatic rings. The molecule has 21 heteroatoms. The Bertz CT molecular complexity index is 2050. The number of allylic oxidation sites excluding steroid dienone is 3. The molecule has 0 spiro atoms. The largest absolute Gasteiger partial charge is 0.481 e. The van der Waals surface area contributed by atoms with Crippen LogP contribution in [0.2, 0.25) is 0 Å². The summed E-state index contributed by atoms with van der Waals surface area (Å²) in [5.41, 5.74) is -0.327. The molecule has 0 radical (unpaired) electrons. The van der Waals surface area contributed by atoms with Crippen LogP contribution in [-0.2, 0) is 42.7 Å². The van der Waals surface area contributed by atoms with Gasteiger partial charge < -0.3 is 94.4 Å². The highest BCUT2D eigenvalue weighted by atomic mass is 16.8. The van der Waals surface area contributed by atoms with Gasteiger partial charge in [0.1, 0.15) is 80.2 Å². The van der Waals surface area contributed by atoms with Gasteiger partial charge in [-0.3, -0.25) is 9.59 Å². The lowest BCUT2D eigenvalue weighted by Gasteiger charge is -2.70. The SMILES string of the molecule is C[C@@H]1O[C@@H](O[C@H]2[C@H](O)[C@@H](O)[C@H](O[C@H]3CC[C@@]4(C)[C@@H](CC[C@]5(C)[C@@H]4C=CC4=C6CC(C)(C)CC[C@]6(CO)[C@@H](O)C[C@]45C)[C@]3(C)CO)O[C@@H]2CO[C@@H]2O[C@H](COC(=O)CC(=O)O)[C@@H](O)[C@H](O)[C@H]2O)[C@H](O)[C@H](O)[C@H]1O. The Balaban J connectivity index is 1.04. The van der Waals surface area contributed by atoms with Crippen LogP contribution >= 0.6 is 0 Å². The van der Waals surface area contributed by atoms with Crippen LogP contribution in [0.5, 0.6) is 0 Å². The van der Waals surface area contributed by atoms with E-state index in [2.05, 4.69) is 46.8 Å². The summed E-state index contributed by atoms with van der Waals surface area (Å²) in [6.45, 7) is 12.9. The first-order valence-electron chi connectivity index (χ1n) is 25.7. The van der Waals surface area contributed by atoms with Gasteiger partial charge in [-0.15, -0.1) is 0 Å². The van der Waals surface area contributed by atoms with E-state index in [0.29, 0.717) is 32.1 Å². The fourth-order valence-electron chi connectivity index (χ4n) is 14.8. The molecule has 3 heterocycles. The molecule has 24 atom stereocenters. The lowest BCUT2D eigenvalue weighted by atomic mass is 9.35. The second-order valence-electron chi connectivity index (χ2n) is 24.2.